The average Bonchev–Trinajstić information content (AvgIpc) is 3.13. The molecule has 5 rings (SSSR count). The molecule has 158 valence electrons. The van der Waals surface area contributed by atoms with E-state index in [1.54, 1.807) is 30.6 Å². The van der Waals surface area contributed by atoms with Crippen molar-refractivity contribution in [1.29, 1.82) is 0 Å². The largest absolute Gasteiger partial charge is 0.352 e. The van der Waals surface area contributed by atoms with Gasteiger partial charge in [-0.2, -0.15) is 0 Å². The SMILES string of the molecule is Clc1ccc(-c2nc3c(N4CCNCC4)ncnc3n2-c2ccc(Cl)cc2Cl)c(Cl)c1. The van der Waals surface area contributed by atoms with Crippen LogP contribution in [0.3, 0.4) is 0 Å². The first kappa shape index (κ1) is 20.8. The number of aromatic nitrogens is 4. The Hall–Kier alpha value is -2.09. The van der Waals surface area contributed by atoms with Crippen LogP contribution in [0.5, 0.6) is 0 Å². The Labute approximate surface area is 198 Å². The third-order valence-electron chi connectivity index (χ3n) is 5.16. The lowest BCUT2D eigenvalue weighted by molar-refractivity contribution is 0.586. The second-order valence-corrected chi connectivity index (χ2v) is 8.78. The molecule has 31 heavy (non-hydrogen) atoms. The predicted molar refractivity (Wildman–Crippen MR) is 127 cm³/mol. The highest BCUT2D eigenvalue weighted by atomic mass is 35.5. The predicted octanol–water partition coefficient (Wildman–Crippen LogP) is 5.51. The molecule has 1 aliphatic rings. The van der Waals surface area contributed by atoms with E-state index in [2.05, 4.69) is 20.2 Å². The molecule has 10 heteroatoms. The van der Waals surface area contributed by atoms with Crippen LogP contribution in [-0.4, -0.2) is 45.7 Å². The number of benzene rings is 2. The summed E-state index contributed by atoms with van der Waals surface area (Å²) in [6.07, 6.45) is 1.55. The molecule has 1 fully saturated rings. The summed E-state index contributed by atoms with van der Waals surface area (Å²) in [5, 5.41) is 5.39. The molecule has 0 unspecified atom stereocenters. The van der Waals surface area contributed by atoms with Crippen molar-refractivity contribution in [3.8, 4) is 17.1 Å². The van der Waals surface area contributed by atoms with E-state index >= 15 is 0 Å². The summed E-state index contributed by atoms with van der Waals surface area (Å²) in [5.41, 5.74) is 2.71. The van der Waals surface area contributed by atoms with Crippen LogP contribution < -0.4 is 10.2 Å². The molecule has 1 aliphatic heterocycles. The highest BCUT2D eigenvalue weighted by Crippen LogP contribution is 2.37. The molecule has 0 spiro atoms. The van der Waals surface area contributed by atoms with E-state index in [1.807, 2.05) is 16.7 Å². The minimum absolute atomic E-state index is 0.473. The maximum Gasteiger partial charge on any atom is 0.170 e. The lowest BCUT2D eigenvalue weighted by Crippen LogP contribution is -2.44. The van der Waals surface area contributed by atoms with Crippen molar-refractivity contribution in [1.82, 2.24) is 24.8 Å². The number of rotatable bonds is 3. The number of hydrogen-bond donors (Lipinski definition) is 1. The van der Waals surface area contributed by atoms with Gasteiger partial charge < -0.3 is 10.2 Å². The first-order valence-electron chi connectivity index (χ1n) is 9.63. The number of fused-ring (bicyclic) bond motifs is 1. The van der Waals surface area contributed by atoms with E-state index < -0.39 is 0 Å². The molecule has 2 aromatic carbocycles. The Morgan fingerprint density at radius 3 is 2.26 bits per heavy atom. The van der Waals surface area contributed by atoms with Crippen LogP contribution in [0.4, 0.5) is 5.82 Å². The van der Waals surface area contributed by atoms with Crippen molar-refractivity contribution < 1.29 is 0 Å². The molecule has 4 aromatic rings. The molecule has 0 aliphatic carbocycles. The minimum Gasteiger partial charge on any atom is -0.352 e. The third-order valence-corrected chi connectivity index (χ3v) is 6.25. The summed E-state index contributed by atoms with van der Waals surface area (Å²) in [6, 6.07) is 10.6. The van der Waals surface area contributed by atoms with Gasteiger partial charge >= 0.3 is 0 Å². The van der Waals surface area contributed by atoms with Crippen molar-refractivity contribution in [3.63, 3.8) is 0 Å². The Balaban J connectivity index is 1.81. The summed E-state index contributed by atoms with van der Waals surface area (Å²) >= 11 is 25.4. The van der Waals surface area contributed by atoms with Crippen molar-refractivity contribution in [3.05, 3.63) is 62.8 Å². The summed E-state index contributed by atoms with van der Waals surface area (Å²) < 4.78 is 1.89. The van der Waals surface area contributed by atoms with Gasteiger partial charge in [0.2, 0.25) is 0 Å². The Bertz CT molecular complexity index is 1280. The monoisotopic (exact) mass is 492 g/mol. The van der Waals surface area contributed by atoms with Crippen LogP contribution in [0, 0.1) is 0 Å². The van der Waals surface area contributed by atoms with Gasteiger partial charge in [0.15, 0.2) is 17.0 Å². The van der Waals surface area contributed by atoms with Crippen molar-refractivity contribution in [2.24, 2.45) is 0 Å². The van der Waals surface area contributed by atoms with Gasteiger partial charge in [-0.3, -0.25) is 4.57 Å². The molecule has 0 saturated carbocycles. The average molecular weight is 494 g/mol. The third kappa shape index (κ3) is 3.83. The van der Waals surface area contributed by atoms with Gasteiger partial charge in [-0.15, -0.1) is 0 Å². The van der Waals surface area contributed by atoms with Crippen molar-refractivity contribution in [2.75, 3.05) is 31.1 Å². The van der Waals surface area contributed by atoms with E-state index in [0.717, 1.165) is 32.0 Å². The maximum absolute atomic E-state index is 6.59. The molecule has 0 radical (unpaired) electrons. The molecular weight excluding hydrogens is 478 g/mol. The molecule has 0 bridgehead atoms. The number of imidazole rings is 1. The van der Waals surface area contributed by atoms with Gasteiger partial charge in [0, 0.05) is 41.8 Å². The zero-order valence-corrected chi connectivity index (χ0v) is 19.1. The molecule has 3 heterocycles. The quantitative estimate of drug-likeness (QED) is 0.408. The molecule has 6 nitrogen and oxygen atoms in total. The summed E-state index contributed by atoms with van der Waals surface area (Å²) in [7, 11) is 0. The van der Waals surface area contributed by atoms with Crippen LogP contribution in [-0.2, 0) is 0 Å². The standard InChI is InChI=1S/C21H16Cl4N6/c22-12-1-3-14(15(24)9-12)19-29-18-20(30-7-5-26-6-8-30)27-11-28-21(18)31(19)17-4-2-13(23)10-16(17)25/h1-4,9-11,26H,5-8H2. The van der Waals surface area contributed by atoms with Crippen molar-refractivity contribution >= 4 is 63.4 Å². The van der Waals surface area contributed by atoms with E-state index in [1.165, 1.54) is 0 Å². The second-order valence-electron chi connectivity index (χ2n) is 7.10. The van der Waals surface area contributed by atoms with Gasteiger partial charge in [0.05, 0.1) is 15.7 Å². The van der Waals surface area contributed by atoms with Crippen LogP contribution in [0.1, 0.15) is 0 Å². The summed E-state index contributed by atoms with van der Waals surface area (Å²) in [6.45, 7) is 3.42. The van der Waals surface area contributed by atoms with E-state index in [0.29, 0.717) is 48.3 Å². The fourth-order valence-electron chi connectivity index (χ4n) is 3.73. The lowest BCUT2D eigenvalue weighted by atomic mass is 10.2. The maximum atomic E-state index is 6.59. The second kappa shape index (κ2) is 8.45. The Morgan fingerprint density at radius 2 is 1.55 bits per heavy atom. The number of hydrogen-bond acceptors (Lipinski definition) is 5. The number of nitrogens with one attached hydrogen (secondary N) is 1. The molecular formula is C21H16Cl4N6. The zero-order chi connectivity index (χ0) is 21.5. The van der Waals surface area contributed by atoms with Crippen LogP contribution >= 0.6 is 46.4 Å². The molecule has 2 aromatic heterocycles. The van der Waals surface area contributed by atoms with Gasteiger partial charge in [-0.05, 0) is 36.4 Å². The smallest absolute Gasteiger partial charge is 0.170 e. The van der Waals surface area contributed by atoms with Gasteiger partial charge in [0.1, 0.15) is 12.2 Å². The first-order valence-corrected chi connectivity index (χ1v) is 11.1. The number of halogens is 4. The highest BCUT2D eigenvalue weighted by molar-refractivity contribution is 6.37. The summed E-state index contributed by atoms with van der Waals surface area (Å²) in [4.78, 5) is 16.3. The van der Waals surface area contributed by atoms with Gasteiger partial charge in [0.25, 0.3) is 0 Å². The van der Waals surface area contributed by atoms with Crippen LogP contribution in [0.15, 0.2) is 42.7 Å². The van der Waals surface area contributed by atoms with Gasteiger partial charge in [-0.25, -0.2) is 15.0 Å². The van der Waals surface area contributed by atoms with Gasteiger partial charge in [-0.1, -0.05) is 46.4 Å². The van der Waals surface area contributed by atoms with E-state index in [4.69, 9.17) is 51.4 Å². The lowest BCUT2D eigenvalue weighted by Gasteiger charge is -2.28. The van der Waals surface area contributed by atoms with E-state index in [9.17, 15) is 0 Å². The molecule has 0 atom stereocenters. The zero-order valence-electron chi connectivity index (χ0n) is 16.1. The number of piperazine rings is 1. The Kier molecular flexibility index (Phi) is 5.67. The highest BCUT2D eigenvalue weighted by Gasteiger charge is 2.24. The van der Waals surface area contributed by atoms with Crippen LogP contribution in [0.2, 0.25) is 20.1 Å². The topological polar surface area (TPSA) is 58.9 Å². The Morgan fingerprint density at radius 1 is 0.839 bits per heavy atom. The number of nitrogens with zero attached hydrogens (tertiary/aromatic N) is 5. The van der Waals surface area contributed by atoms with Crippen LogP contribution in [0.25, 0.3) is 28.2 Å². The first-order chi connectivity index (χ1) is 15.0. The molecule has 0 amide bonds. The summed E-state index contributed by atoms with van der Waals surface area (Å²) in [5.74, 6) is 1.37. The minimum atomic E-state index is 0.473. The van der Waals surface area contributed by atoms with E-state index in [-0.39, 0.29) is 0 Å². The fourth-order valence-corrected chi connectivity index (χ4v) is 4.72. The normalized spacial score (nSPS) is 14.4. The molecule has 1 N–H and O–H groups in total. The van der Waals surface area contributed by atoms with Crippen molar-refractivity contribution in [2.45, 2.75) is 0 Å². The molecule has 1 saturated heterocycles. The fraction of sp³-hybridized carbons (Fsp3) is 0.190. The number of anilines is 1.